The first-order chi connectivity index (χ1) is 7.50. The summed E-state index contributed by atoms with van der Waals surface area (Å²) in [4.78, 5) is 0. The monoisotopic (exact) mass is 219 g/mol. The molecule has 0 N–H and O–H groups in total. The molecule has 0 bridgehead atoms. The number of hydrogen-bond donors (Lipinski definition) is 0. The highest BCUT2D eigenvalue weighted by Crippen LogP contribution is 2.34. The fourth-order valence-electron chi connectivity index (χ4n) is 1.64. The predicted octanol–water partition coefficient (Wildman–Crippen LogP) is 2.84. The van der Waals surface area contributed by atoms with E-state index in [0.717, 1.165) is 5.56 Å². The summed E-state index contributed by atoms with van der Waals surface area (Å²) in [5.74, 6) is 0.716. The molecule has 0 aliphatic rings. The molecule has 0 amide bonds. The average Bonchev–Trinajstić information content (AvgIpc) is 2.24. The number of nitriles is 1. The van der Waals surface area contributed by atoms with E-state index in [1.165, 1.54) is 0 Å². The number of ether oxygens (including phenoxy) is 2. The van der Waals surface area contributed by atoms with Crippen molar-refractivity contribution >= 4 is 0 Å². The highest BCUT2D eigenvalue weighted by molar-refractivity contribution is 5.50. The molecule has 1 rings (SSSR count). The first-order valence-electron chi connectivity index (χ1n) is 5.16. The molecule has 0 heterocycles. The number of benzene rings is 1. The van der Waals surface area contributed by atoms with Crippen LogP contribution in [0.3, 0.4) is 0 Å². The van der Waals surface area contributed by atoms with Crippen LogP contribution in [-0.4, -0.2) is 13.9 Å². The summed E-state index contributed by atoms with van der Waals surface area (Å²) in [6.45, 7) is 6.37. The van der Waals surface area contributed by atoms with Crippen molar-refractivity contribution in [1.82, 2.24) is 0 Å². The van der Waals surface area contributed by atoms with Crippen molar-refractivity contribution in [1.29, 1.82) is 5.26 Å². The average molecular weight is 219 g/mol. The summed E-state index contributed by atoms with van der Waals surface area (Å²) >= 11 is 0. The lowest BCUT2D eigenvalue weighted by Gasteiger charge is -2.23. The molecule has 1 aromatic rings. The molecule has 0 spiro atoms. The molecule has 0 radical (unpaired) electrons. The number of nitrogens with zero attached hydrogens (tertiary/aromatic N) is 1. The quantitative estimate of drug-likeness (QED) is 0.734. The molecule has 0 fully saturated rings. The Morgan fingerprint density at radius 2 is 2.00 bits per heavy atom. The highest BCUT2D eigenvalue weighted by Gasteiger charge is 2.22. The van der Waals surface area contributed by atoms with Crippen LogP contribution < -0.4 is 4.74 Å². The third kappa shape index (κ3) is 2.74. The molecule has 0 saturated heterocycles. The Morgan fingerprint density at radius 3 is 2.50 bits per heavy atom. The molecule has 1 aromatic carbocycles. The number of rotatable bonds is 3. The molecular formula is C13H17NO2. The summed E-state index contributed by atoms with van der Waals surface area (Å²) in [6.07, 6.45) is 0. The summed E-state index contributed by atoms with van der Waals surface area (Å²) in [5, 5.41) is 9.09. The fourth-order valence-corrected chi connectivity index (χ4v) is 1.64. The maximum atomic E-state index is 9.09. The SMILES string of the molecule is COCOc1cccc(C#N)c1C(C)(C)C. The van der Waals surface area contributed by atoms with Gasteiger partial charge in [0, 0.05) is 12.7 Å². The van der Waals surface area contributed by atoms with E-state index in [2.05, 4.69) is 26.8 Å². The molecule has 0 atom stereocenters. The van der Waals surface area contributed by atoms with Crippen LogP contribution in [-0.2, 0) is 10.2 Å². The predicted molar refractivity (Wildman–Crippen MR) is 62.4 cm³/mol. The van der Waals surface area contributed by atoms with Gasteiger partial charge in [0.05, 0.1) is 11.6 Å². The van der Waals surface area contributed by atoms with Crippen molar-refractivity contribution in [3.05, 3.63) is 29.3 Å². The van der Waals surface area contributed by atoms with Crippen molar-refractivity contribution in [3.8, 4) is 11.8 Å². The molecule has 0 unspecified atom stereocenters. The van der Waals surface area contributed by atoms with E-state index in [0.29, 0.717) is 11.3 Å². The smallest absolute Gasteiger partial charge is 0.188 e. The minimum atomic E-state index is -0.130. The minimum Gasteiger partial charge on any atom is -0.467 e. The zero-order valence-corrected chi connectivity index (χ0v) is 10.2. The molecule has 16 heavy (non-hydrogen) atoms. The van der Waals surface area contributed by atoms with E-state index in [-0.39, 0.29) is 12.2 Å². The largest absolute Gasteiger partial charge is 0.467 e. The summed E-state index contributed by atoms with van der Waals surface area (Å²) in [6, 6.07) is 7.68. The lowest BCUT2D eigenvalue weighted by molar-refractivity contribution is 0.0498. The lowest BCUT2D eigenvalue weighted by atomic mass is 9.83. The van der Waals surface area contributed by atoms with Crippen LogP contribution in [0.1, 0.15) is 31.9 Å². The standard InChI is InChI=1S/C13H17NO2/c1-13(2,3)12-10(8-14)6-5-7-11(12)16-9-15-4/h5-7H,9H2,1-4H3. The van der Waals surface area contributed by atoms with Gasteiger partial charge in [-0.2, -0.15) is 5.26 Å². The van der Waals surface area contributed by atoms with Crippen molar-refractivity contribution in [2.75, 3.05) is 13.9 Å². The van der Waals surface area contributed by atoms with E-state index >= 15 is 0 Å². The van der Waals surface area contributed by atoms with Crippen LogP contribution in [0.5, 0.6) is 5.75 Å². The van der Waals surface area contributed by atoms with Crippen LogP contribution in [0.25, 0.3) is 0 Å². The first kappa shape index (κ1) is 12.5. The Labute approximate surface area is 96.6 Å². The van der Waals surface area contributed by atoms with Gasteiger partial charge in [0.25, 0.3) is 0 Å². The normalized spacial score (nSPS) is 10.9. The Kier molecular flexibility index (Phi) is 3.92. The molecule has 3 nitrogen and oxygen atoms in total. The molecule has 0 aliphatic carbocycles. The molecular weight excluding hydrogens is 202 g/mol. The van der Waals surface area contributed by atoms with E-state index in [4.69, 9.17) is 14.7 Å². The Bertz CT molecular complexity index is 399. The van der Waals surface area contributed by atoms with Gasteiger partial charge < -0.3 is 9.47 Å². The van der Waals surface area contributed by atoms with Crippen molar-refractivity contribution in [2.24, 2.45) is 0 Å². The van der Waals surface area contributed by atoms with Crippen LogP contribution >= 0.6 is 0 Å². The van der Waals surface area contributed by atoms with Gasteiger partial charge in [0.15, 0.2) is 6.79 Å². The maximum absolute atomic E-state index is 9.09. The van der Waals surface area contributed by atoms with Gasteiger partial charge in [0.1, 0.15) is 5.75 Å². The lowest BCUT2D eigenvalue weighted by Crippen LogP contribution is -2.16. The van der Waals surface area contributed by atoms with Gasteiger partial charge in [-0.15, -0.1) is 0 Å². The fraction of sp³-hybridized carbons (Fsp3) is 0.462. The zero-order chi connectivity index (χ0) is 12.2. The van der Waals surface area contributed by atoms with Crippen LogP contribution in [0.2, 0.25) is 0 Å². The van der Waals surface area contributed by atoms with E-state index in [1.54, 1.807) is 13.2 Å². The summed E-state index contributed by atoms with van der Waals surface area (Å²) < 4.78 is 10.4. The molecule has 86 valence electrons. The first-order valence-corrected chi connectivity index (χ1v) is 5.16. The third-order valence-electron chi connectivity index (χ3n) is 2.23. The summed E-state index contributed by atoms with van der Waals surface area (Å²) in [5.41, 5.74) is 1.45. The second-order valence-electron chi connectivity index (χ2n) is 4.59. The van der Waals surface area contributed by atoms with Crippen molar-refractivity contribution < 1.29 is 9.47 Å². The van der Waals surface area contributed by atoms with E-state index in [1.807, 2.05) is 12.1 Å². The molecule has 0 saturated carbocycles. The van der Waals surface area contributed by atoms with Gasteiger partial charge in [0.2, 0.25) is 0 Å². The Hall–Kier alpha value is -1.53. The van der Waals surface area contributed by atoms with Gasteiger partial charge in [-0.25, -0.2) is 0 Å². The van der Waals surface area contributed by atoms with E-state index < -0.39 is 0 Å². The second-order valence-corrected chi connectivity index (χ2v) is 4.59. The molecule has 3 heteroatoms. The van der Waals surface area contributed by atoms with Crippen molar-refractivity contribution in [3.63, 3.8) is 0 Å². The van der Waals surface area contributed by atoms with E-state index in [9.17, 15) is 0 Å². The van der Waals surface area contributed by atoms with Gasteiger partial charge >= 0.3 is 0 Å². The van der Waals surface area contributed by atoms with Gasteiger partial charge in [-0.3, -0.25) is 0 Å². The maximum Gasteiger partial charge on any atom is 0.188 e. The molecule has 0 aliphatic heterocycles. The second kappa shape index (κ2) is 5.00. The van der Waals surface area contributed by atoms with Gasteiger partial charge in [-0.1, -0.05) is 26.8 Å². The Balaban J connectivity index is 3.23. The Morgan fingerprint density at radius 1 is 1.31 bits per heavy atom. The van der Waals surface area contributed by atoms with Crippen molar-refractivity contribution in [2.45, 2.75) is 26.2 Å². The zero-order valence-electron chi connectivity index (χ0n) is 10.2. The van der Waals surface area contributed by atoms with Crippen LogP contribution in [0, 0.1) is 11.3 Å². The van der Waals surface area contributed by atoms with Crippen LogP contribution in [0.15, 0.2) is 18.2 Å². The molecule has 0 aromatic heterocycles. The minimum absolute atomic E-state index is 0.130. The third-order valence-corrected chi connectivity index (χ3v) is 2.23. The topological polar surface area (TPSA) is 42.2 Å². The number of hydrogen-bond acceptors (Lipinski definition) is 3. The van der Waals surface area contributed by atoms with Gasteiger partial charge in [-0.05, 0) is 17.5 Å². The van der Waals surface area contributed by atoms with Crippen LogP contribution in [0.4, 0.5) is 0 Å². The highest BCUT2D eigenvalue weighted by atomic mass is 16.7. The summed E-state index contributed by atoms with van der Waals surface area (Å²) in [7, 11) is 1.57. The number of methoxy groups -OCH3 is 1.